The Hall–Kier alpha value is -1.63. The maximum Gasteiger partial charge on any atom is 2.00 e. The number of rotatable bonds is 6. The number of anilines is 2. The monoisotopic (exact) mass is 786 g/mol. The molecule has 0 spiro atoms. The number of allylic oxidation sites excluding steroid dienone is 2. The van der Waals surface area contributed by atoms with E-state index in [0.29, 0.717) is 0 Å². The third-order valence-electron chi connectivity index (χ3n) is 11.4. The smallest absolute Gasteiger partial charge is 0.326 e. The van der Waals surface area contributed by atoms with Gasteiger partial charge in [-0.05, 0) is 104 Å². The summed E-state index contributed by atoms with van der Waals surface area (Å²) in [4.78, 5) is 5.11. The third-order valence-corrected chi connectivity index (χ3v) is 16.8. The van der Waals surface area contributed by atoms with Gasteiger partial charge < -0.3 is 9.80 Å². The van der Waals surface area contributed by atoms with Crippen LogP contribution in [0.15, 0.2) is 95.8 Å². The number of alkyl halides is 2. The largest absolute Gasteiger partial charge is 2.00 e. The van der Waals surface area contributed by atoms with Crippen LogP contribution in [-0.4, -0.2) is 34.4 Å². The predicted molar refractivity (Wildman–Crippen MR) is 207 cm³/mol. The Kier molecular flexibility index (Phi) is 12.2. The van der Waals surface area contributed by atoms with E-state index in [1.807, 2.05) is 0 Å². The topological polar surface area (TPSA) is 6.48 Å². The van der Waals surface area contributed by atoms with E-state index in [9.17, 15) is 0 Å². The summed E-state index contributed by atoms with van der Waals surface area (Å²) in [5.74, 6) is 1.27. The molecule has 6 heteroatoms. The van der Waals surface area contributed by atoms with Crippen LogP contribution in [-0.2, 0) is 19.5 Å². The van der Waals surface area contributed by atoms with E-state index >= 15 is 0 Å². The molecule has 0 amide bonds. The quantitative estimate of drug-likeness (QED) is 0.139. The summed E-state index contributed by atoms with van der Waals surface area (Å²) < 4.78 is -0.384. The molecule has 0 bridgehead atoms. The fraction of sp³-hybridized carbons (Fsp3) is 0.476. The van der Waals surface area contributed by atoms with Gasteiger partial charge in [0.2, 0.25) is 0 Å². The van der Waals surface area contributed by atoms with Crippen LogP contribution in [0.3, 0.4) is 0 Å². The Bertz CT molecular complexity index is 1520. The van der Waals surface area contributed by atoms with Crippen molar-refractivity contribution in [3.63, 3.8) is 0 Å². The number of aryl methyl sites for hydroxylation is 2. The number of hydrogen-bond donors (Lipinski definition) is 0. The molecule has 1 heterocycles. The first-order chi connectivity index (χ1) is 23.0. The molecule has 2 nitrogen and oxygen atoms in total. The van der Waals surface area contributed by atoms with E-state index in [-0.39, 0.29) is 29.5 Å². The molecule has 4 aliphatic rings. The second kappa shape index (κ2) is 16.2. The summed E-state index contributed by atoms with van der Waals surface area (Å²) in [5.41, 5.74) is 10.4. The van der Waals surface area contributed by atoms with Gasteiger partial charge in [-0.25, -0.2) is 0 Å². The number of benzene rings is 3. The molecule has 3 aliphatic carbocycles. The van der Waals surface area contributed by atoms with Crippen LogP contribution in [0.2, 0.25) is 0 Å². The van der Waals surface area contributed by atoms with E-state index in [1.165, 1.54) is 109 Å². The second-order valence-corrected chi connectivity index (χ2v) is 18.7. The Balaban J connectivity index is 0.00000401. The molecule has 3 aromatic carbocycles. The minimum atomic E-state index is -0.448. The minimum absolute atomic E-state index is 0. The van der Waals surface area contributed by atoms with Crippen molar-refractivity contribution in [1.29, 1.82) is 0 Å². The van der Waals surface area contributed by atoms with Gasteiger partial charge in [0.1, 0.15) is 5.82 Å². The summed E-state index contributed by atoms with van der Waals surface area (Å²) in [5, 5.41) is -0.259. The minimum Gasteiger partial charge on any atom is -0.326 e. The van der Waals surface area contributed by atoms with Crippen molar-refractivity contribution in [3.8, 4) is 0 Å². The van der Waals surface area contributed by atoms with Gasteiger partial charge in [-0.2, -0.15) is 0 Å². The molecule has 7 rings (SSSR count). The van der Waals surface area contributed by atoms with Gasteiger partial charge in [0.25, 0.3) is 0 Å². The molecular weight excluding hydrogens is 735 g/mol. The molecule has 2 unspecified atom stereocenters. The normalized spacial score (nSPS) is 25.2. The van der Waals surface area contributed by atoms with Gasteiger partial charge in [0.05, 0.1) is 9.99 Å². The van der Waals surface area contributed by atoms with Crippen molar-refractivity contribution in [2.24, 2.45) is 0 Å². The number of hydrogen-bond acceptors (Lipinski definition) is 2. The van der Waals surface area contributed by atoms with Crippen LogP contribution >= 0.6 is 31.1 Å². The van der Waals surface area contributed by atoms with Gasteiger partial charge in [0, 0.05) is 24.5 Å². The molecule has 254 valence electrons. The Labute approximate surface area is 313 Å². The molecule has 3 saturated carbocycles. The van der Waals surface area contributed by atoms with E-state index in [2.05, 4.69) is 109 Å². The van der Waals surface area contributed by atoms with Crippen molar-refractivity contribution in [3.05, 3.63) is 113 Å². The maximum absolute atomic E-state index is 8.37. The number of halogens is 2. The Morgan fingerprint density at radius 3 is 1.67 bits per heavy atom. The summed E-state index contributed by atoms with van der Waals surface area (Å²) in [6.07, 6.45) is 17.9. The SMILES string of the molecule is Cc1ccccc1N1CCN(c2ccccc2C)C1=C1CCC(Cl)(P(C2CCCCC2)C2CCCCC2)C(=Cc2ccccc2)C1Cl.[Ru+2]. The average Bonchev–Trinajstić information content (AvgIpc) is 3.53. The molecule has 4 fully saturated rings. The summed E-state index contributed by atoms with van der Waals surface area (Å²) >= 11 is 16.4. The first-order valence-corrected chi connectivity index (χ1v) is 20.5. The molecule has 0 radical (unpaired) electrons. The van der Waals surface area contributed by atoms with E-state index < -0.39 is 7.92 Å². The average molecular weight is 787 g/mol. The first kappa shape index (κ1) is 36.2. The van der Waals surface area contributed by atoms with Crippen LogP contribution in [0.5, 0.6) is 0 Å². The van der Waals surface area contributed by atoms with Crippen molar-refractivity contribution in [1.82, 2.24) is 0 Å². The molecule has 1 aliphatic heterocycles. The van der Waals surface area contributed by atoms with Gasteiger partial charge >= 0.3 is 19.5 Å². The van der Waals surface area contributed by atoms with Gasteiger partial charge in [-0.15, -0.1) is 23.2 Å². The van der Waals surface area contributed by atoms with Gasteiger partial charge in [-0.3, -0.25) is 0 Å². The predicted octanol–water partition coefficient (Wildman–Crippen LogP) is 12.4. The Morgan fingerprint density at radius 2 is 1.17 bits per heavy atom. The van der Waals surface area contributed by atoms with Gasteiger partial charge in [-0.1, -0.05) is 119 Å². The van der Waals surface area contributed by atoms with E-state index in [1.54, 1.807) is 0 Å². The molecule has 1 saturated heterocycles. The zero-order valence-electron chi connectivity index (χ0n) is 28.7. The van der Waals surface area contributed by atoms with Crippen LogP contribution in [0.1, 0.15) is 93.7 Å². The van der Waals surface area contributed by atoms with Gasteiger partial charge in [0.15, 0.2) is 0 Å². The van der Waals surface area contributed by atoms with Crippen molar-refractivity contribution >= 4 is 48.6 Å². The van der Waals surface area contributed by atoms with Crippen LogP contribution < -0.4 is 9.80 Å². The summed E-state index contributed by atoms with van der Waals surface area (Å²) in [6.45, 7) is 6.34. The molecular formula is C42H51Cl2N2PRu+2. The fourth-order valence-corrected chi connectivity index (χ4v) is 15.2. The molecule has 2 atom stereocenters. The van der Waals surface area contributed by atoms with Crippen molar-refractivity contribution in [2.75, 3.05) is 22.9 Å². The van der Waals surface area contributed by atoms with Crippen LogP contribution in [0.25, 0.3) is 6.08 Å². The summed E-state index contributed by atoms with van der Waals surface area (Å²) in [6, 6.07) is 28.5. The van der Waals surface area contributed by atoms with Crippen LogP contribution in [0, 0.1) is 13.8 Å². The van der Waals surface area contributed by atoms with Crippen LogP contribution in [0.4, 0.5) is 11.4 Å². The molecule has 48 heavy (non-hydrogen) atoms. The molecule has 3 aromatic rings. The first-order valence-electron chi connectivity index (χ1n) is 18.2. The molecule has 0 aromatic heterocycles. The van der Waals surface area contributed by atoms with Crippen molar-refractivity contribution in [2.45, 2.75) is 112 Å². The Morgan fingerprint density at radius 1 is 0.688 bits per heavy atom. The zero-order valence-corrected chi connectivity index (χ0v) is 32.8. The van der Waals surface area contributed by atoms with E-state index in [0.717, 1.165) is 37.2 Å². The number of nitrogens with zero attached hydrogens (tertiary/aromatic N) is 2. The fourth-order valence-electron chi connectivity index (χ4n) is 9.07. The van der Waals surface area contributed by atoms with Crippen molar-refractivity contribution < 1.29 is 19.5 Å². The third kappa shape index (κ3) is 7.24. The second-order valence-electron chi connectivity index (χ2n) is 14.3. The van der Waals surface area contributed by atoms with E-state index in [4.69, 9.17) is 23.2 Å². The zero-order chi connectivity index (χ0) is 32.4. The standard InChI is InChI=1S/C42H51Cl2N2P.Ru/c1-31-16-12-14-24-38(31)45-28-29-46(39-25-15-13-17-32(39)2)41(45)36-26-27-42(44,37(40(36)43)30-33-18-6-3-7-19-33)47(34-20-8-4-9-21-34)35-22-10-5-11-23-35;/h3,6-7,12-19,24-25,30,34-35,40H,4-5,8-11,20-23,26-29H2,1-2H3;/q;+2. The number of para-hydroxylation sites is 2. The maximum atomic E-state index is 8.37. The summed E-state index contributed by atoms with van der Waals surface area (Å²) in [7, 11) is -0.448. The molecule has 0 N–H and O–H groups in total.